The molecular formula is C7H12N4O4. The summed E-state index contributed by atoms with van der Waals surface area (Å²) in [5.74, 6) is 0.148. The first kappa shape index (κ1) is 11.3. The normalized spacial score (nSPS) is 10.0. The summed E-state index contributed by atoms with van der Waals surface area (Å²) in [5.41, 5.74) is 11.1. The van der Waals surface area contributed by atoms with Gasteiger partial charge in [-0.3, -0.25) is 0 Å². The number of nitrogens with zero attached hydrogens (tertiary/aromatic N) is 2. The minimum atomic E-state index is -0.461. The van der Waals surface area contributed by atoms with E-state index < -0.39 is 6.79 Å². The van der Waals surface area contributed by atoms with Crippen molar-refractivity contribution in [2.45, 2.75) is 0 Å². The summed E-state index contributed by atoms with van der Waals surface area (Å²) in [6.07, 6.45) is 0. The van der Waals surface area contributed by atoms with Gasteiger partial charge < -0.3 is 30.8 Å². The molecule has 0 bridgehead atoms. The number of anilines is 2. The molecule has 0 fully saturated rings. The molecule has 0 radical (unpaired) electrons. The molecule has 0 spiro atoms. The molecule has 8 nitrogen and oxygen atoms in total. The summed E-state index contributed by atoms with van der Waals surface area (Å²) in [7, 11) is 1.39. The Bertz CT molecular complexity index is 333. The van der Waals surface area contributed by atoms with Gasteiger partial charge in [-0.25, -0.2) is 0 Å². The monoisotopic (exact) mass is 216 g/mol. The van der Waals surface area contributed by atoms with Gasteiger partial charge in [0.2, 0.25) is 17.7 Å². The highest BCUT2D eigenvalue weighted by Gasteiger charge is 2.11. The fourth-order valence-electron chi connectivity index (χ4n) is 0.845. The molecule has 0 atom stereocenters. The highest BCUT2D eigenvalue weighted by molar-refractivity contribution is 5.58. The summed E-state index contributed by atoms with van der Waals surface area (Å²) >= 11 is 0. The molecule has 0 aliphatic heterocycles. The fourth-order valence-corrected chi connectivity index (χ4v) is 0.845. The predicted molar refractivity (Wildman–Crippen MR) is 51.1 cm³/mol. The van der Waals surface area contributed by atoms with Crippen LogP contribution in [0.25, 0.3) is 0 Å². The van der Waals surface area contributed by atoms with Crippen molar-refractivity contribution in [2.75, 3.05) is 32.2 Å². The lowest BCUT2D eigenvalue weighted by atomic mass is 10.5. The summed E-state index contributed by atoms with van der Waals surface area (Å²) < 4.78 is 14.4. The third-order valence-electron chi connectivity index (χ3n) is 1.46. The Morgan fingerprint density at radius 2 is 1.93 bits per heavy atom. The van der Waals surface area contributed by atoms with Crippen LogP contribution in [0.3, 0.4) is 0 Å². The second-order valence-corrected chi connectivity index (χ2v) is 2.41. The van der Waals surface area contributed by atoms with E-state index in [1.807, 2.05) is 0 Å². The van der Waals surface area contributed by atoms with Gasteiger partial charge in [0, 0.05) is 0 Å². The number of hydrogen-bond donors (Lipinski definition) is 3. The molecule has 1 aromatic rings. The van der Waals surface area contributed by atoms with E-state index in [9.17, 15) is 0 Å². The topological polar surface area (TPSA) is 126 Å². The second kappa shape index (κ2) is 5.17. The first-order chi connectivity index (χ1) is 7.19. The van der Waals surface area contributed by atoms with E-state index in [0.717, 1.165) is 0 Å². The lowest BCUT2D eigenvalue weighted by Crippen LogP contribution is -2.09. The van der Waals surface area contributed by atoms with Crippen molar-refractivity contribution >= 4 is 11.6 Å². The van der Waals surface area contributed by atoms with Crippen LogP contribution >= 0.6 is 0 Å². The molecule has 0 unspecified atom stereocenters. The van der Waals surface area contributed by atoms with Crippen LogP contribution in [0.5, 0.6) is 11.8 Å². The number of methoxy groups -OCH3 is 1. The maximum atomic E-state index is 8.35. The quantitative estimate of drug-likeness (QED) is 0.420. The van der Waals surface area contributed by atoms with Gasteiger partial charge in [0.15, 0.2) is 12.5 Å². The standard InChI is InChI=1S/C7H12N4O4/c1-13-5-4(8)6(11-7(9)10-5)15-3-14-2-12/h12H,2-3,8H2,1H3,(H2,9,10,11). The third kappa shape index (κ3) is 2.82. The van der Waals surface area contributed by atoms with Gasteiger partial charge in [-0.05, 0) is 0 Å². The van der Waals surface area contributed by atoms with Crippen LogP contribution in [-0.4, -0.2) is 35.8 Å². The maximum Gasteiger partial charge on any atom is 0.248 e. The largest absolute Gasteiger partial charge is 0.479 e. The number of aromatic nitrogens is 2. The number of aliphatic hydroxyl groups excluding tert-OH is 1. The van der Waals surface area contributed by atoms with Gasteiger partial charge in [0.1, 0.15) is 6.79 Å². The number of nitrogen functional groups attached to an aromatic ring is 2. The Morgan fingerprint density at radius 3 is 2.53 bits per heavy atom. The molecule has 1 heterocycles. The van der Waals surface area contributed by atoms with Crippen LogP contribution in [0.15, 0.2) is 0 Å². The Hall–Kier alpha value is -1.80. The molecule has 15 heavy (non-hydrogen) atoms. The summed E-state index contributed by atoms with van der Waals surface area (Å²) in [4.78, 5) is 7.46. The summed E-state index contributed by atoms with van der Waals surface area (Å²) in [5, 5.41) is 8.35. The summed E-state index contributed by atoms with van der Waals surface area (Å²) in [6, 6.07) is 0. The zero-order valence-corrected chi connectivity index (χ0v) is 8.14. The number of aliphatic hydroxyl groups is 1. The molecule has 0 aliphatic rings. The fraction of sp³-hybridized carbons (Fsp3) is 0.429. The zero-order valence-electron chi connectivity index (χ0n) is 8.14. The second-order valence-electron chi connectivity index (χ2n) is 2.41. The molecule has 0 amide bonds. The van der Waals surface area contributed by atoms with Crippen molar-refractivity contribution in [3.05, 3.63) is 0 Å². The first-order valence-corrected chi connectivity index (χ1v) is 3.97. The van der Waals surface area contributed by atoms with Crippen molar-refractivity contribution in [1.29, 1.82) is 0 Å². The molecule has 8 heteroatoms. The predicted octanol–water partition coefficient (Wildman–Crippen LogP) is -1.05. The Labute approximate surface area is 85.8 Å². The van der Waals surface area contributed by atoms with Crippen LogP contribution in [0.1, 0.15) is 0 Å². The molecule has 84 valence electrons. The van der Waals surface area contributed by atoms with Crippen molar-refractivity contribution < 1.29 is 19.3 Å². The van der Waals surface area contributed by atoms with Crippen LogP contribution < -0.4 is 20.9 Å². The van der Waals surface area contributed by atoms with Crippen molar-refractivity contribution in [1.82, 2.24) is 9.97 Å². The van der Waals surface area contributed by atoms with E-state index in [2.05, 4.69) is 14.7 Å². The number of ether oxygens (including phenoxy) is 3. The van der Waals surface area contributed by atoms with E-state index in [-0.39, 0.29) is 30.2 Å². The molecule has 5 N–H and O–H groups in total. The van der Waals surface area contributed by atoms with Gasteiger partial charge in [-0.2, -0.15) is 9.97 Å². The van der Waals surface area contributed by atoms with Gasteiger partial charge >= 0.3 is 0 Å². The average molecular weight is 216 g/mol. The minimum Gasteiger partial charge on any atom is -0.479 e. The Balaban J connectivity index is 2.81. The Morgan fingerprint density at radius 1 is 1.27 bits per heavy atom. The van der Waals surface area contributed by atoms with Crippen molar-refractivity contribution in [3.63, 3.8) is 0 Å². The van der Waals surface area contributed by atoms with Crippen LogP contribution in [0.2, 0.25) is 0 Å². The smallest absolute Gasteiger partial charge is 0.248 e. The van der Waals surface area contributed by atoms with Gasteiger partial charge in [0.25, 0.3) is 0 Å². The molecule has 0 aromatic carbocycles. The molecule has 0 saturated carbocycles. The molecule has 0 aliphatic carbocycles. The lowest BCUT2D eigenvalue weighted by Gasteiger charge is -2.09. The average Bonchev–Trinajstić information content (AvgIpc) is 2.23. The van der Waals surface area contributed by atoms with E-state index in [1.54, 1.807) is 0 Å². The summed E-state index contributed by atoms with van der Waals surface area (Å²) in [6.45, 7) is -0.655. The molecular weight excluding hydrogens is 204 g/mol. The maximum absolute atomic E-state index is 8.35. The highest BCUT2D eigenvalue weighted by Crippen LogP contribution is 2.28. The van der Waals surface area contributed by atoms with Gasteiger partial charge in [-0.1, -0.05) is 0 Å². The third-order valence-corrected chi connectivity index (χ3v) is 1.46. The van der Waals surface area contributed by atoms with Crippen LogP contribution in [-0.2, 0) is 4.74 Å². The van der Waals surface area contributed by atoms with Crippen molar-refractivity contribution in [3.8, 4) is 11.8 Å². The molecule has 1 rings (SSSR count). The highest BCUT2D eigenvalue weighted by atomic mass is 16.7. The molecule has 1 aromatic heterocycles. The number of hydrogen-bond acceptors (Lipinski definition) is 8. The minimum absolute atomic E-state index is 0.0277. The van der Waals surface area contributed by atoms with E-state index in [0.29, 0.717) is 0 Å². The van der Waals surface area contributed by atoms with Crippen LogP contribution in [0.4, 0.5) is 11.6 Å². The zero-order chi connectivity index (χ0) is 11.3. The lowest BCUT2D eigenvalue weighted by molar-refractivity contribution is -0.0664. The van der Waals surface area contributed by atoms with Gasteiger partial charge in [0.05, 0.1) is 7.11 Å². The SMILES string of the molecule is COc1nc(N)nc(OCOCO)c1N. The van der Waals surface area contributed by atoms with Gasteiger partial charge in [-0.15, -0.1) is 0 Å². The van der Waals surface area contributed by atoms with Crippen molar-refractivity contribution in [2.24, 2.45) is 0 Å². The Kier molecular flexibility index (Phi) is 3.89. The van der Waals surface area contributed by atoms with Crippen LogP contribution in [0, 0.1) is 0 Å². The van der Waals surface area contributed by atoms with E-state index in [4.69, 9.17) is 26.0 Å². The van der Waals surface area contributed by atoms with E-state index >= 15 is 0 Å². The number of rotatable bonds is 5. The first-order valence-electron chi connectivity index (χ1n) is 3.97. The van der Waals surface area contributed by atoms with E-state index in [1.165, 1.54) is 7.11 Å². The number of nitrogens with two attached hydrogens (primary N) is 2. The molecule has 0 saturated heterocycles.